The Bertz CT molecular complexity index is 1380. The first-order valence-electron chi connectivity index (χ1n) is 15.3. The summed E-state index contributed by atoms with van der Waals surface area (Å²) in [7, 11) is 1.61. The van der Waals surface area contributed by atoms with Crippen LogP contribution >= 0.6 is 0 Å². The Kier molecular flexibility index (Phi) is 6.31. The maximum Gasteiger partial charge on any atom is 0.339 e. The summed E-state index contributed by atoms with van der Waals surface area (Å²) in [4.78, 5) is 29.0. The summed E-state index contributed by atoms with van der Waals surface area (Å²) in [5.41, 5.74) is 0.660. The maximum absolute atomic E-state index is 14.9. The molecule has 3 fully saturated rings. The van der Waals surface area contributed by atoms with E-state index in [0.29, 0.717) is 36.7 Å². The quantitative estimate of drug-likeness (QED) is 0.357. The molecule has 1 saturated heterocycles. The Morgan fingerprint density at radius 2 is 1.88 bits per heavy atom. The molecule has 222 valence electrons. The molecule has 6 nitrogen and oxygen atoms in total. The van der Waals surface area contributed by atoms with Gasteiger partial charge in [-0.2, -0.15) is 0 Å². The van der Waals surface area contributed by atoms with E-state index in [1.165, 1.54) is 0 Å². The number of esters is 1. The third-order valence-electron chi connectivity index (χ3n) is 11.7. The number of carbonyl (C=O) groups excluding carboxylic acids is 2. The lowest BCUT2D eigenvalue weighted by molar-refractivity contribution is -0.191. The molecule has 1 aromatic rings. The molecular weight excluding hydrogens is 516 g/mol. The number of ketones is 1. The number of ether oxygens (including phenoxy) is 3. The number of rotatable bonds is 4. The van der Waals surface area contributed by atoms with Crippen LogP contribution in [0.3, 0.4) is 0 Å². The number of hydrogen-bond acceptors (Lipinski definition) is 6. The molecule has 0 amide bonds. The van der Waals surface area contributed by atoms with Crippen LogP contribution in [0, 0.1) is 47.3 Å². The predicted molar refractivity (Wildman–Crippen MR) is 157 cm³/mol. The van der Waals surface area contributed by atoms with Crippen molar-refractivity contribution in [1.29, 1.82) is 0 Å². The molecule has 4 aliphatic carbocycles. The summed E-state index contributed by atoms with van der Waals surface area (Å²) >= 11 is 0. The second-order valence-corrected chi connectivity index (χ2v) is 14.7. The summed E-state index contributed by atoms with van der Waals surface area (Å²) in [6, 6.07) is 3.71. The van der Waals surface area contributed by atoms with E-state index < -0.39 is 28.7 Å². The third kappa shape index (κ3) is 3.75. The summed E-state index contributed by atoms with van der Waals surface area (Å²) in [6.45, 7) is 16.9. The number of aryl methyl sites for hydroxylation is 2. The first-order valence-corrected chi connectivity index (χ1v) is 15.3. The predicted octanol–water partition coefficient (Wildman–Crippen LogP) is 6.02. The molecule has 1 aliphatic heterocycles. The van der Waals surface area contributed by atoms with Gasteiger partial charge in [-0.3, -0.25) is 4.79 Å². The number of hydrogen-bond donors (Lipinski definition) is 1. The normalized spacial score (nSPS) is 39.7. The lowest BCUT2D eigenvalue weighted by Gasteiger charge is -2.53. The number of aliphatic hydroxyl groups is 1. The van der Waals surface area contributed by atoms with E-state index in [4.69, 9.17) is 14.2 Å². The zero-order valence-electron chi connectivity index (χ0n) is 26.1. The highest BCUT2D eigenvalue weighted by atomic mass is 16.6. The van der Waals surface area contributed by atoms with Crippen molar-refractivity contribution in [3.05, 3.63) is 52.1 Å². The van der Waals surface area contributed by atoms with Gasteiger partial charge in [-0.05, 0) is 105 Å². The standard InChI is InChI=1S/C35H46O6/c1-10-21-13-23(39-9)11-18(2)27(21)31(37)41-30-19(3)15-34-20(4)12-25-28(33(25,7)8)24(29(34)36)14-22-17-40-32(5,6)16-26(22)35(30,34)38/h11,13-15,20,24-26,28,30,38H,10,12,16-17H2,1-9H3/t20-,24?,25-,26?,28+,30?,34?,35?/m1/s1. The smallest absolute Gasteiger partial charge is 0.339 e. The fourth-order valence-electron chi connectivity index (χ4n) is 9.52. The molecule has 41 heavy (non-hydrogen) atoms. The Hall–Kier alpha value is -2.44. The number of carbonyl (C=O) groups is 2. The average molecular weight is 563 g/mol. The van der Waals surface area contributed by atoms with Gasteiger partial charge in [-0.15, -0.1) is 0 Å². The fourth-order valence-corrected chi connectivity index (χ4v) is 9.52. The second-order valence-electron chi connectivity index (χ2n) is 14.7. The van der Waals surface area contributed by atoms with Crippen LogP contribution in [0.4, 0.5) is 0 Å². The minimum absolute atomic E-state index is 0.0751. The molecule has 5 unspecified atom stereocenters. The topological polar surface area (TPSA) is 82.1 Å². The van der Waals surface area contributed by atoms with Crippen LogP contribution in [0.2, 0.25) is 0 Å². The van der Waals surface area contributed by atoms with Crippen LogP contribution in [-0.2, 0) is 20.7 Å². The SMILES string of the molecule is CCc1cc(OC)cc(C)c1C(=O)OC1C(C)=CC23C(=O)C(C=C4COC(C)(C)CC4C12O)[C@H]1[C@@H](C[C@H]3C)C1(C)C. The number of benzene rings is 1. The first-order chi connectivity index (χ1) is 19.1. The maximum atomic E-state index is 14.9. The highest BCUT2D eigenvalue weighted by molar-refractivity contribution is 5.96. The van der Waals surface area contributed by atoms with Gasteiger partial charge in [0.1, 0.15) is 11.4 Å². The summed E-state index contributed by atoms with van der Waals surface area (Å²) in [6.07, 6.45) is 5.24. The van der Waals surface area contributed by atoms with E-state index in [-0.39, 0.29) is 34.9 Å². The van der Waals surface area contributed by atoms with Crippen LogP contribution in [0.5, 0.6) is 5.75 Å². The van der Waals surface area contributed by atoms with Crippen molar-refractivity contribution in [2.75, 3.05) is 13.7 Å². The van der Waals surface area contributed by atoms with Crippen molar-refractivity contribution in [3.63, 3.8) is 0 Å². The van der Waals surface area contributed by atoms with Crippen molar-refractivity contribution < 1.29 is 28.9 Å². The van der Waals surface area contributed by atoms with E-state index in [1.807, 2.05) is 52.8 Å². The lowest BCUT2D eigenvalue weighted by Crippen LogP contribution is -2.65. The van der Waals surface area contributed by atoms with E-state index in [1.54, 1.807) is 7.11 Å². The molecule has 1 aromatic carbocycles. The minimum Gasteiger partial charge on any atom is -0.497 e. The van der Waals surface area contributed by atoms with Gasteiger partial charge in [0.15, 0.2) is 11.9 Å². The molecule has 1 N–H and O–H groups in total. The fraction of sp³-hybridized carbons (Fsp3) is 0.657. The second kappa shape index (κ2) is 9.03. The van der Waals surface area contributed by atoms with Gasteiger partial charge in [-0.1, -0.05) is 39.8 Å². The Labute approximate surface area is 244 Å². The molecule has 6 rings (SSSR count). The largest absolute Gasteiger partial charge is 0.497 e. The van der Waals surface area contributed by atoms with E-state index in [9.17, 15) is 14.7 Å². The average Bonchev–Trinajstić information content (AvgIpc) is 3.40. The molecule has 0 radical (unpaired) electrons. The van der Waals surface area contributed by atoms with Gasteiger partial charge in [0.25, 0.3) is 0 Å². The van der Waals surface area contributed by atoms with Crippen molar-refractivity contribution >= 4 is 11.8 Å². The van der Waals surface area contributed by atoms with E-state index >= 15 is 0 Å². The molecule has 2 saturated carbocycles. The van der Waals surface area contributed by atoms with Crippen LogP contribution in [0.25, 0.3) is 0 Å². The van der Waals surface area contributed by atoms with E-state index in [0.717, 1.165) is 28.7 Å². The van der Waals surface area contributed by atoms with Gasteiger partial charge in [0.2, 0.25) is 0 Å². The van der Waals surface area contributed by atoms with Crippen molar-refractivity contribution in [2.45, 2.75) is 92.0 Å². The Morgan fingerprint density at radius 1 is 1.17 bits per heavy atom. The van der Waals surface area contributed by atoms with Gasteiger partial charge < -0.3 is 19.3 Å². The van der Waals surface area contributed by atoms with Gasteiger partial charge in [0, 0.05) is 11.8 Å². The van der Waals surface area contributed by atoms with Crippen molar-refractivity contribution in [3.8, 4) is 5.75 Å². The molecule has 5 aliphatic rings. The van der Waals surface area contributed by atoms with Gasteiger partial charge in [0.05, 0.1) is 30.3 Å². The molecule has 1 heterocycles. The van der Waals surface area contributed by atoms with Crippen LogP contribution in [0.1, 0.15) is 82.8 Å². The van der Waals surface area contributed by atoms with Crippen molar-refractivity contribution in [2.24, 2.45) is 40.4 Å². The summed E-state index contributed by atoms with van der Waals surface area (Å²) < 4.78 is 18.2. The van der Waals surface area contributed by atoms with Gasteiger partial charge in [-0.25, -0.2) is 4.79 Å². The number of methoxy groups -OCH3 is 1. The molecule has 1 spiro atoms. The number of allylic oxidation sites excluding steroid dienone is 1. The van der Waals surface area contributed by atoms with Crippen LogP contribution < -0.4 is 4.74 Å². The summed E-state index contributed by atoms with van der Waals surface area (Å²) in [5.74, 6) is 0.184. The van der Waals surface area contributed by atoms with E-state index in [2.05, 4.69) is 26.8 Å². The Balaban J connectivity index is 1.50. The molecule has 0 aromatic heterocycles. The summed E-state index contributed by atoms with van der Waals surface area (Å²) in [5, 5.41) is 13.4. The zero-order valence-corrected chi connectivity index (χ0v) is 26.1. The first kappa shape index (κ1) is 28.7. The lowest BCUT2D eigenvalue weighted by atomic mass is 9.55. The highest BCUT2D eigenvalue weighted by Gasteiger charge is 2.76. The molecule has 2 bridgehead atoms. The zero-order chi connectivity index (χ0) is 29.9. The number of Topliss-reactive ketones (excluding diaryl/α,β-unsaturated/α-hetero) is 1. The van der Waals surface area contributed by atoms with Crippen LogP contribution in [-0.4, -0.2) is 47.9 Å². The van der Waals surface area contributed by atoms with Gasteiger partial charge >= 0.3 is 5.97 Å². The van der Waals surface area contributed by atoms with Crippen molar-refractivity contribution in [1.82, 2.24) is 0 Å². The molecular formula is C35H46O6. The third-order valence-corrected chi connectivity index (χ3v) is 11.7. The molecule has 6 heteroatoms. The van der Waals surface area contributed by atoms with Crippen LogP contribution in [0.15, 0.2) is 35.4 Å². The highest BCUT2D eigenvalue weighted by Crippen LogP contribution is 2.73. The Morgan fingerprint density at radius 3 is 2.54 bits per heavy atom. The minimum atomic E-state index is -1.61. The molecule has 8 atom stereocenters. The number of fused-ring (bicyclic) bond motifs is 5. The monoisotopic (exact) mass is 562 g/mol.